The van der Waals surface area contributed by atoms with Crippen molar-refractivity contribution >= 4 is 29.1 Å². The molecule has 0 unspecified atom stereocenters. The molecule has 0 bridgehead atoms. The van der Waals surface area contributed by atoms with Gasteiger partial charge in [-0.25, -0.2) is 0 Å². The van der Waals surface area contributed by atoms with Gasteiger partial charge in [-0.05, 0) is 62.1 Å². The van der Waals surface area contributed by atoms with Crippen molar-refractivity contribution in [3.05, 3.63) is 58.6 Å². The zero-order valence-corrected chi connectivity index (χ0v) is 25.7. The minimum absolute atomic E-state index is 0.0393. The van der Waals surface area contributed by atoms with Crippen LogP contribution in [-0.2, 0) is 4.79 Å². The lowest BCUT2D eigenvalue weighted by molar-refractivity contribution is -0.164. The fraction of sp³-hybridized carbons (Fsp3) is 0.545. The summed E-state index contributed by atoms with van der Waals surface area (Å²) in [6, 6.07) is 14.7. The Kier molecular flexibility index (Phi) is 8.46. The highest BCUT2D eigenvalue weighted by atomic mass is 35.5. The van der Waals surface area contributed by atoms with Crippen molar-refractivity contribution in [1.29, 1.82) is 5.26 Å². The molecular weight excluding hydrogens is 552 g/mol. The number of likely N-dealkylation sites (tertiary alicyclic amines) is 1. The second-order valence-electron chi connectivity index (χ2n) is 13.2. The number of nitrogens with one attached hydrogen (secondary N) is 1. The SMILES string of the molecule is CC1(C)C(NC(=O)c2ccc(N3CCC(C(=O)N4CCC(O)CC4)CC3)cc2)C(C)(C)C1Oc1ccc(C#N)c(Cl)c1. The summed E-state index contributed by atoms with van der Waals surface area (Å²) in [6.45, 7) is 11.3. The van der Waals surface area contributed by atoms with Crippen LogP contribution in [0.2, 0.25) is 5.02 Å². The molecule has 5 rings (SSSR count). The molecule has 2 N–H and O–H groups in total. The number of amides is 2. The molecule has 3 fully saturated rings. The van der Waals surface area contributed by atoms with E-state index in [0.717, 1.165) is 31.6 Å². The van der Waals surface area contributed by atoms with Crippen LogP contribution in [0, 0.1) is 28.1 Å². The number of hydrogen-bond donors (Lipinski definition) is 2. The summed E-state index contributed by atoms with van der Waals surface area (Å²) in [5, 5.41) is 22.5. The van der Waals surface area contributed by atoms with Crippen LogP contribution >= 0.6 is 11.6 Å². The van der Waals surface area contributed by atoms with E-state index in [-0.39, 0.29) is 46.8 Å². The van der Waals surface area contributed by atoms with E-state index in [1.54, 1.807) is 18.2 Å². The number of halogens is 1. The molecule has 2 aliphatic heterocycles. The quantitative estimate of drug-likeness (QED) is 0.488. The van der Waals surface area contributed by atoms with Gasteiger partial charge < -0.3 is 25.0 Å². The monoisotopic (exact) mass is 592 g/mol. The maximum Gasteiger partial charge on any atom is 0.251 e. The lowest BCUT2D eigenvalue weighted by Gasteiger charge is -2.63. The Labute approximate surface area is 253 Å². The lowest BCUT2D eigenvalue weighted by atomic mass is 9.49. The van der Waals surface area contributed by atoms with Crippen LogP contribution in [0.15, 0.2) is 42.5 Å². The van der Waals surface area contributed by atoms with Crippen LogP contribution in [0.25, 0.3) is 0 Å². The third-order valence-corrected chi connectivity index (χ3v) is 9.86. The highest BCUT2D eigenvalue weighted by Crippen LogP contribution is 2.55. The van der Waals surface area contributed by atoms with E-state index in [9.17, 15) is 14.7 Å². The molecule has 2 aromatic carbocycles. The summed E-state index contributed by atoms with van der Waals surface area (Å²) in [5.41, 5.74) is 1.38. The standard InChI is InChI=1S/C33H41ClN4O4/c1-32(2)30(33(3,4)31(32)42-26-10-7-23(20-35)27(34)19-26)36-28(40)21-5-8-24(9-6-21)37-15-11-22(12-16-37)29(41)38-17-13-25(39)14-18-38/h5-10,19,22,25,30-31,39H,11-18H2,1-4H3,(H,36,40). The summed E-state index contributed by atoms with van der Waals surface area (Å²) < 4.78 is 6.34. The smallest absolute Gasteiger partial charge is 0.251 e. The molecule has 0 atom stereocenters. The van der Waals surface area contributed by atoms with Gasteiger partial charge in [0.2, 0.25) is 5.91 Å². The van der Waals surface area contributed by atoms with Gasteiger partial charge in [0.15, 0.2) is 0 Å². The first-order chi connectivity index (χ1) is 19.9. The molecule has 224 valence electrons. The molecule has 1 aliphatic carbocycles. The molecule has 3 aliphatic rings. The Hall–Kier alpha value is -3.28. The summed E-state index contributed by atoms with van der Waals surface area (Å²) >= 11 is 6.21. The number of piperidine rings is 2. The van der Waals surface area contributed by atoms with Crippen LogP contribution in [-0.4, -0.2) is 66.2 Å². The Balaban J connectivity index is 1.15. The normalized spacial score (nSPS) is 23.9. The van der Waals surface area contributed by atoms with Crippen LogP contribution < -0.4 is 15.0 Å². The predicted octanol–water partition coefficient (Wildman–Crippen LogP) is 5.02. The molecule has 2 aromatic rings. The Morgan fingerprint density at radius 1 is 0.976 bits per heavy atom. The van der Waals surface area contributed by atoms with E-state index in [1.165, 1.54) is 0 Å². The Bertz CT molecular complexity index is 1340. The van der Waals surface area contributed by atoms with Crippen LogP contribution in [0.3, 0.4) is 0 Å². The van der Waals surface area contributed by atoms with Crippen molar-refractivity contribution in [1.82, 2.24) is 10.2 Å². The van der Waals surface area contributed by atoms with Gasteiger partial charge in [-0.15, -0.1) is 0 Å². The number of rotatable bonds is 6. The summed E-state index contributed by atoms with van der Waals surface area (Å²) in [4.78, 5) is 30.4. The van der Waals surface area contributed by atoms with E-state index in [2.05, 4.69) is 44.0 Å². The number of nitriles is 1. The van der Waals surface area contributed by atoms with Crippen molar-refractivity contribution in [2.75, 3.05) is 31.1 Å². The van der Waals surface area contributed by atoms with E-state index < -0.39 is 0 Å². The van der Waals surface area contributed by atoms with Gasteiger partial charge in [-0.3, -0.25) is 9.59 Å². The molecule has 1 saturated carbocycles. The van der Waals surface area contributed by atoms with Gasteiger partial charge in [0.1, 0.15) is 17.9 Å². The molecule has 9 heteroatoms. The third kappa shape index (κ3) is 5.82. The maximum absolute atomic E-state index is 13.3. The molecule has 2 saturated heterocycles. The fourth-order valence-corrected chi connectivity index (χ4v) is 7.58. The largest absolute Gasteiger partial charge is 0.489 e. The highest BCUT2D eigenvalue weighted by molar-refractivity contribution is 6.31. The summed E-state index contributed by atoms with van der Waals surface area (Å²) in [6.07, 6.45) is 2.51. The third-order valence-electron chi connectivity index (χ3n) is 9.54. The second kappa shape index (κ2) is 11.8. The van der Waals surface area contributed by atoms with E-state index >= 15 is 0 Å². The average Bonchev–Trinajstić information content (AvgIpc) is 2.98. The number of nitrogens with zero attached hydrogens (tertiary/aromatic N) is 3. The van der Waals surface area contributed by atoms with Crippen molar-refractivity contribution in [2.24, 2.45) is 16.7 Å². The van der Waals surface area contributed by atoms with E-state index in [1.807, 2.05) is 29.2 Å². The molecule has 2 heterocycles. The molecular formula is C33H41ClN4O4. The lowest BCUT2D eigenvalue weighted by Crippen LogP contribution is -2.74. The van der Waals surface area contributed by atoms with Crippen LogP contribution in [0.5, 0.6) is 5.75 Å². The molecule has 0 radical (unpaired) electrons. The van der Waals surface area contributed by atoms with Crippen molar-refractivity contribution in [3.63, 3.8) is 0 Å². The number of hydrogen-bond acceptors (Lipinski definition) is 6. The Morgan fingerprint density at radius 2 is 1.60 bits per heavy atom. The first-order valence-electron chi connectivity index (χ1n) is 14.9. The van der Waals surface area contributed by atoms with E-state index in [0.29, 0.717) is 47.8 Å². The topological polar surface area (TPSA) is 106 Å². The molecule has 0 aromatic heterocycles. The number of carbonyl (C=O) groups excluding carboxylic acids is 2. The minimum atomic E-state index is -0.338. The van der Waals surface area contributed by atoms with Crippen molar-refractivity contribution in [2.45, 2.75) is 71.6 Å². The Morgan fingerprint density at radius 3 is 2.17 bits per heavy atom. The highest BCUT2D eigenvalue weighted by Gasteiger charge is 2.64. The number of ether oxygens (including phenoxy) is 1. The minimum Gasteiger partial charge on any atom is -0.489 e. The number of aliphatic hydroxyl groups is 1. The van der Waals surface area contributed by atoms with E-state index in [4.69, 9.17) is 21.6 Å². The first-order valence-corrected chi connectivity index (χ1v) is 15.3. The predicted molar refractivity (Wildman–Crippen MR) is 163 cm³/mol. The van der Waals surface area contributed by atoms with Crippen molar-refractivity contribution < 1.29 is 19.4 Å². The van der Waals surface area contributed by atoms with Gasteiger partial charge in [-0.2, -0.15) is 5.26 Å². The zero-order valence-electron chi connectivity index (χ0n) is 24.9. The number of benzene rings is 2. The summed E-state index contributed by atoms with van der Waals surface area (Å²) in [7, 11) is 0. The van der Waals surface area contributed by atoms with Crippen molar-refractivity contribution in [3.8, 4) is 11.8 Å². The van der Waals surface area contributed by atoms with Gasteiger partial charge >= 0.3 is 0 Å². The second-order valence-corrected chi connectivity index (χ2v) is 13.6. The van der Waals surface area contributed by atoms with Gasteiger partial charge in [0.25, 0.3) is 5.91 Å². The maximum atomic E-state index is 13.3. The molecule has 42 heavy (non-hydrogen) atoms. The number of carbonyl (C=O) groups is 2. The summed E-state index contributed by atoms with van der Waals surface area (Å²) in [5.74, 6) is 0.745. The van der Waals surface area contributed by atoms with Crippen LogP contribution in [0.4, 0.5) is 5.69 Å². The zero-order chi connectivity index (χ0) is 30.2. The fourth-order valence-electron chi connectivity index (χ4n) is 7.36. The molecule has 2 amide bonds. The molecule has 8 nitrogen and oxygen atoms in total. The van der Waals surface area contributed by atoms with Gasteiger partial charge in [0.05, 0.1) is 16.7 Å². The number of anilines is 1. The van der Waals surface area contributed by atoms with Crippen LogP contribution in [0.1, 0.15) is 69.3 Å². The van der Waals surface area contributed by atoms with Gasteiger partial charge in [0, 0.05) is 66.3 Å². The van der Waals surface area contributed by atoms with Gasteiger partial charge in [-0.1, -0.05) is 39.3 Å². The molecule has 0 spiro atoms. The first kappa shape index (κ1) is 30.2. The number of aliphatic hydroxyl groups excluding tert-OH is 1. The average molecular weight is 593 g/mol.